The molecule has 1 aliphatic carbocycles. The van der Waals surface area contributed by atoms with Crippen molar-refractivity contribution in [2.75, 3.05) is 13.1 Å². The largest absolute Gasteiger partial charge is 0.478 e. The van der Waals surface area contributed by atoms with Crippen LogP contribution in [-0.2, 0) is 4.79 Å². The van der Waals surface area contributed by atoms with Gasteiger partial charge in [0, 0.05) is 19.0 Å². The van der Waals surface area contributed by atoms with Crippen LogP contribution in [0.4, 0.5) is 0 Å². The van der Waals surface area contributed by atoms with Gasteiger partial charge in [0.25, 0.3) is 0 Å². The Labute approximate surface area is 149 Å². The molecule has 1 saturated heterocycles. The number of amides is 1. The van der Waals surface area contributed by atoms with E-state index >= 15 is 0 Å². The molecular weight excluding hydrogens is 318 g/mol. The van der Waals surface area contributed by atoms with E-state index < -0.39 is 5.97 Å². The monoisotopic (exact) mass is 347 g/mol. The molecule has 1 aliphatic heterocycles. The van der Waals surface area contributed by atoms with Crippen LogP contribution >= 0.6 is 0 Å². The van der Waals surface area contributed by atoms with Gasteiger partial charge in [-0.2, -0.15) is 5.10 Å². The number of carboxylic acids is 1. The van der Waals surface area contributed by atoms with Crippen molar-refractivity contribution >= 4 is 11.9 Å². The Morgan fingerprint density at radius 1 is 1.24 bits per heavy atom. The van der Waals surface area contributed by atoms with Crippen molar-refractivity contribution in [2.24, 2.45) is 11.8 Å². The highest BCUT2D eigenvalue weighted by atomic mass is 16.4. The highest BCUT2D eigenvalue weighted by molar-refractivity contribution is 5.88. The van der Waals surface area contributed by atoms with Crippen LogP contribution in [0.15, 0.2) is 6.20 Å². The Balaban J connectivity index is 1.54. The first-order valence-corrected chi connectivity index (χ1v) is 9.53. The molecule has 138 valence electrons. The lowest BCUT2D eigenvalue weighted by Gasteiger charge is -2.34. The van der Waals surface area contributed by atoms with Crippen molar-refractivity contribution in [3.63, 3.8) is 0 Å². The maximum absolute atomic E-state index is 12.7. The molecule has 1 N–H and O–H groups in total. The van der Waals surface area contributed by atoms with Gasteiger partial charge in [0.15, 0.2) is 0 Å². The van der Waals surface area contributed by atoms with Gasteiger partial charge >= 0.3 is 5.97 Å². The lowest BCUT2D eigenvalue weighted by atomic mass is 9.92. The molecule has 2 fully saturated rings. The van der Waals surface area contributed by atoms with Crippen LogP contribution in [0, 0.1) is 18.8 Å². The molecule has 1 atom stereocenters. The van der Waals surface area contributed by atoms with Crippen molar-refractivity contribution in [1.82, 2.24) is 14.7 Å². The summed E-state index contributed by atoms with van der Waals surface area (Å²) in [6.07, 6.45) is 9.33. The molecule has 6 nitrogen and oxygen atoms in total. The minimum absolute atomic E-state index is 0.115. The van der Waals surface area contributed by atoms with Crippen molar-refractivity contribution in [1.29, 1.82) is 0 Å². The number of piperidine rings is 1. The second kappa shape index (κ2) is 7.58. The normalized spacial score (nSPS) is 20.8. The predicted molar refractivity (Wildman–Crippen MR) is 94.5 cm³/mol. The van der Waals surface area contributed by atoms with Crippen LogP contribution in [0.1, 0.15) is 74.0 Å². The zero-order chi connectivity index (χ0) is 18.0. The van der Waals surface area contributed by atoms with E-state index in [-0.39, 0.29) is 23.4 Å². The van der Waals surface area contributed by atoms with Crippen molar-refractivity contribution in [2.45, 2.75) is 64.8 Å². The van der Waals surface area contributed by atoms with E-state index in [2.05, 4.69) is 12.0 Å². The Hall–Kier alpha value is -1.85. The number of likely N-dealkylation sites (tertiary alicyclic amines) is 1. The second-order valence-corrected chi connectivity index (χ2v) is 7.74. The fourth-order valence-electron chi connectivity index (χ4n) is 4.49. The van der Waals surface area contributed by atoms with E-state index in [0.717, 1.165) is 38.3 Å². The molecule has 1 aromatic rings. The van der Waals surface area contributed by atoms with Gasteiger partial charge < -0.3 is 10.0 Å². The third-order valence-electron chi connectivity index (χ3n) is 5.98. The average Bonchev–Trinajstić information content (AvgIpc) is 3.24. The fourth-order valence-corrected chi connectivity index (χ4v) is 4.49. The summed E-state index contributed by atoms with van der Waals surface area (Å²) in [5, 5.41) is 13.4. The molecular formula is C19H29N3O3. The van der Waals surface area contributed by atoms with E-state index in [1.807, 2.05) is 9.58 Å². The number of hydrogen-bond donors (Lipinski definition) is 1. The highest BCUT2D eigenvalue weighted by Crippen LogP contribution is 2.32. The number of hydrogen-bond acceptors (Lipinski definition) is 3. The lowest BCUT2D eigenvalue weighted by Crippen LogP contribution is -2.42. The highest BCUT2D eigenvalue weighted by Gasteiger charge is 2.30. The third-order valence-corrected chi connectivity index (χ3v) is 5.98. The quantitative estimate of drug-likeness (QED) is 0.887. The number of carboxylic acid groups (broad SMARTS) is 1. The molecule has 2 heterocycles. The van der Waals surface area contributed by atoms with Gasteiger partial charge in [-0.05, 0) is 32.1 Å². The first-order valence-electron chi connectivity index (χ1n) is 9.53. The molecule has 0 spiro atoms. The molecule has 0 bridgehead atoms. The SMILES string of the molecule is Cc1c(C(=O)O)cnn1C1CCN(C(=O)C(C)CC2CCCC2)CC1. The molecule has 6 heteroatoms. The smallest absolute Gasteiger partial charge is 0.339 e. The summed E-state index contributed by atoms with van der Waals surface area (Å²) in [5.74, 6) is 0.202. The van der Waals surface area contributed by atoms with Gasteiger partial charge in [0.1, 0.15) is 5.56 Å². The first kappa shape index (κ1) is 18.0. The van der Waals surface area contributed by atoms with E-state index in [4.69, 9.17) is 5.11 Å². The van der Waals surface area contributed by atoms with Gasteiger partial charge in [-0.1, -0.05) is 32.6 Å². The number of rotatable bonds is 5. The molecule has 1 amide bonds. The van der Waals surface area contributed by atoms with Crippen molar-refractivity contribution < 1.29 is 14.7 Å². The number of carbonyl (C=O) groups excluding carboxylic acids is 1. The Kier molecular flexibility index (Phi) is 5.45. The van der Waals surface area contributed by atoms with Gasteiger partial charge in [0.2, 0.25) is 5.91 Å². The molecule has 1 saturated carbocycles. The lowest BCUT2D eigenvalue weighted by molar-refractivity contribution is -0.136. The average molecular weight is 347 g/mol. The molecule has 1 aromatic heterocycles. The van der Waals surface area contributed by atoms with Crippen LogP contribution in [0.5, 0.6) is 0 Å². The number of aromatic carboxylic acids is 1. The standard InChI is InChI=1S/C19H29N3O3/c1-13(11-15-5-3-4-6-15)18(23)21-9-7-16(8-10-21)22-14(2)17(12-20-22)19(24)25/h12-13,15-16H,3-11H2,1-2H3,(H,24,25). The summed E-state index contributed by atoms with van der Waals surface area (Å²) in [6.45, 7) is 5.35. The van der Waals surface area contributed by atoms with Gasteiger partial charge in [-0.25, -0.2) is 4.79 Å². The molecule has 1 unspecified atom stereocenters. The summed E-state index contributed by atoms with van der Waals surface area (Å²) in [6, 6.07) is 0.183. The minimum Gasteiger partial charge on any atom is -0.478 e. The summed E-state index contributed by atoms with van der Waals surface area (Å²) in [5.41, 5.74) is 0.968. The van der Waals surface area contributed by atoms with E-state index in [1.54, 1.807) is 6.92 Å². The molecule has 3 rings (SSSR count). The van der Waals surface area contributed by atoms with Crippen LogP contribution in [0.2, 0.25) is 0 Å². The topological polar surface area (TPSA) is 75.4 Å². The molecule has 25 heavy (non-hydrogen) atoms. The number of aromatic nitrogens is 2. The van der Waals surface area contributed by atoms with Crippen LogP contribution in [0.3, 0.4) is 0 Å². The maximum atomic E-state index is 12.7. The van der Waals surface area contributed by atoms with Gasteiger partial charge in [0.05, 0.1) is 17.9 Å². The van der Waals surface area contributed by atoms with Crippen LogP contribution in [0.25, 0.3) is 0 Å². The fraction of sp³-hybridized carbons (Fsp3) is 0.737. The Morgan fingerprint density at radius 2 is 1.88 bits per heavy atom. The third kappa shape index (κ3) is 3.88. The molecule has 0 radical (unpaired) electrons. The number of nitrogens with zero attached hydrogens (tertiary/aromatic N) is 3. The summed E-state index contributed by atoms with van der Waals surface area (Å²) in [7, 11) is 0. The van der Waals surface area contributed by atoms with Crippen molar-refractivity contribution in [3.8, 4) is 0 Å². The summed E-state index contributed by atoms with van der Waals surface area (Å²) >= 11 is 0. The minimum atomic E-state index is -0.933. The zero-order valence-electron chi connectivity index (χ0n) is 15.3. The zero-order valence-corrected chi connectivity index (χ0v) is 15.3. The maximum Gasteiger partial charge on any atom is 0.339 e. The Bertz CT molecular complexity index is 626. The van der Waals surface area contributed by atoms with E-state index in [0.29, 0.717) is 5.69 Å². The Morgan fingerprint density at radius 3 is 2.44 bits per heavy atom. The van der Waals surface area contributed by atoms with Crippen molar-refractivity contribution in [3.05, 3.63) is 17.5 Å². The number of carbonyl (C=O) groups is 2. The second-order valence-electron chi connectivity index (χ2n) is 7.74. The predicted octanol–water partition coefficient (Wildman–Crippen LogP) is 3.27. The first-order chi connectivity index (χ1) is 12.0. The summed E-state index contributed by atoms with van der Waals surface area (Å²) in [4.78, 5) is 25.9. The van der Waals surface area contributed by atoms with Gasteiger partial charge in [-0.3, -0.25) is 9.48 Å². The van der Waals surface area contributed by atoms with E-state index in [9.17, 15) is 9.59 Å². The van der Waals surface area contributed by atoms with Gasteiger partial charge in [-0.15, -0.1) is 0 Å². The van der Waals surface area contributed by atoms with Crippen LogP contribution < -0.4 is 0 Å². The van der Waals surface area contributed by atoms with E-state index in [1.165, 1.54) is 31.9 Å². The summed E-state index contributed by atoms with van der Waals surface area (Å²) < 4.78 is 1.83. The molecule has 2 aliphatic rings. The van der Waals surface area contributed by atoms with Crippen LogP contribution in [-0.4, -0.2) is 44.8 Å². The molecule has 0 aromatic carbocycles.